The molecule has 0 fully saturated rings. The minimum atomic E-state index is -0.0980. The first-order valence-corrected chi connectivity index (χ1v) is 6.78. The molecule has 21 heavy (non-hydrogen) atoms. The SMILES string of the molecule is COCCNCc1cccc(OC)c1OCC(=O)N(C)C. The fourth-order valence-electron chi connectivity index (χ4n) is 1.69. The van der Waals surface area contributed by atoms with Crippen LogP contribution in [0.2, 0.25) is 0 Å². The number of ether oxygens (including phenoxy) is 3. The van der Waals surface area contributed by atoms with Gasteiger partial charge in [-0.1, -0.05) is 12.1 Å². The summed E-state index contributed by atoms with van der Waals surface area (Å²) in [7, 11) is 6.63. The van der Waals surface area contributed by atoms with E-state index in [0.717, 1.165) is 12.1 Å². The molecular weight excluding hydrogens is 272 g/mol. The molecule has 0 saturated heterocycles. The second kappa shape index (κ2) is 9.20. The zero-order chi connectivity index (χ0) is 15.7. The number of amides is 1. The van der Waals surface area contributed by atoms with Crippen molar-refractivity contribution in [3.05, 3.63) is 23.8 Å². The van der Waals surface area contributed by atoms with E-state index in [4.69, 9.17) is 14.2 Å². The summed E-state index contributed by atoms with van der Waals surface area (Å²) in [6.45, 7) is 1.98. The van der Waals surface area contributed by atoms with Crippen LogP contribution in [0, 0.1) is 0 Å². The molecule has 6 nitrogen and oxygen atoms in total. The maximum atomic E-state index is 11.7. The van der Waals surface area contributed by atoms with Gasteiger partial charge in [0.25, 0.3) is 5.91 Å². The molecule has 118 valence electrons. The van der Waals surface area contributed by atoms with Gasteiger partial charge in [0.1, 0.15) is 0 Å². The van der Waals surface area contributed by atoms with Crippen molar-refractivity contribution >= 4 is 5.91 Å². The summed E-state index contributed by atoms with van der Waals surface area (Å²) in [5, 5.41) is 3.25. The first kappa shape index (κ1) is 17.3. The zero-order valence-corrected chi connectivity index (χ0v) is 13.1. The number of hydrogen-bond acceptors (Lipinski definition) is 5. The van der Waals surface area contributed by atoms with E-state index in [-0.39, 0.29) is 12.5 Å². The highest BCUT2D eigenvalue weighted by Gasteiger charge is 2.13. The summed E-state index contributed by atoms with van der Waals surface area (Å²) in [5.74, 6) is 1.12. The van der Waals surface area contributed by atoms with Crippen molar-refractivity contribution in [2.45, 2.75) is 6.54 Å². The smallest absolute Gasteiger partial charge is 0.259 e. The van der Waals surface area contributed by atoms with Gasteiger partial charge in [0.2, 0.25) is 0 Å². The molecule has 0 bridgehead atoms. The molecule has 0 saturated carbocycles. The van der Waals surface area contributed by atoms with Crippen molar-refractivity contribution in [1.82, 2.24) is 10.2 Å². The Kier molecular flexibility index (Phi) is 7.56. The van der Waals surface area contributed by atoms with Gasteiger partial charge >= 0.3 is 0 Å². The maximum absolute atomic E-state index is 11.7. The van der Waals surface area contributed by atoms with E-state index >= 15 is 0 Å². The lowest BCUT2D eigenvalue weighted by molar-refractivity contribution is -0.130. The molecule has 0 aliphatic heterocycles. The van der Waals surface area contributed by atoms with Crippen LogP contribution in [0.3, 0.4) is 0 Å². The van der Waals surface area contributed by atoms with Gasteiger partial charge in [0.15, 0.2) is 18.1 Å². The van der Waals surface area contributed by atoms with E-state index in [1.807, 2.05) is 18.2 Å². The van der Waals surface area contributed by atoms with E-state index in [1.165, 1.54) is 4.90 Å². The van der Waals surface area contributed by atoms with Gasteiger partial charge in [-0.05, 0) is 6.07 Å². The van der Waals surface area contributed by atoms with Crippen LogP contribution < -0.4 is 14.8 Å². The standard InChI is InChI=1S/C15H24N2O4/c1-17(2)14(18)11-21-15-12(10-16-8-9-19-3)6-5-7-13(15)20-4/h5-7,16H,8-11H2,1-4H3. The van der Waals surface area contributed by atoms with Gasteiger partial charge in [-0.15, -0.1) is 0 Å². The lowest BCUT2D eigenvalue weighted by Gasteiger charge is -2.17. The highest BCUT2D eigenvalue weighted by molar-refractivity contribution is 5.77. The van der Waals surface area contributed by atoms with E-state index in [2.05, 4.69) is 5.32 Å². The molecule has 1 amide bonds. The van der Waals surface area contributed by atoms with Crippen LogP contribution in [0.15, 0.2) is 18.2 Å². The number of carbonyl (C=O) groups is 1. The van der Waals surface area contributed by atoms with Crippen LogP contribution in [0.1, 0.15) is 5.56 Å². The van der Waals surface area contributed by atoms with E-state index in [9.17, 15) is 4.79 Å². The number of benzene rings is 1. The molecule has 0 radical (unpaired) electrons. The van der Waals surface area contributed by atoms with Gasteiger partial charge in [-0.2, -0.15) is 0 Å². The number of para-hydroxylation sites is 1. The number of methoxy groups -OCH3 is 2. The Morgan fingerprint density at radius 3 is 2.67 bits per heavy atom. The molecular formula is C15H24N2O4. The predicted octanol–water partition coefficient (Wildman–Crippen LogP) is 0.898. The largest absolute Gasteiger partial charge is 0.493 e. The van der Waals surface area contributed by atoms with Crippen molar-refractivity contribution in [3.8, 4) is 11.5 Å². The Morgan fingerprint density at radius 2 is 2.05 bits per heavy atom. The fraction of sp³-hybridized carbons (Fsp3) is 0.533. The van der Waals surface area contributed by atoms with Gasteiger partial charge in [0, 0.05) is 39.9 Å². The Labute approximate surface area is 126 Å². The summed E-state index contributed by atoms with van der Waals surface area (Å²) in [4.78, 5) is 13.1. The third-order valence-corrected chi connectivity index (χ3v) is 2.92. The highest BCUT2D eigenvalue weighted by Crippen LogP contribution is 2.31. The van der Waals surface area contributed by atoms with Crippen LogP contribution in [0.4, 0.5) is 0 Å². The lowest BCUT2D eigenvalue weighted by atomic mass is 10.2. The van der Waals surface area contributed by atoms with Gasteiger partial charge in [-0.25, -0.2) is 0 Å². The Hall–Kier alpha value is -1.79. The van der Waals surface area contributed by atoms with Gasteiger partial charge in [-0.3, -0.25) is 4.79 Å². The molecule has 0 spiro atoms. The summed E-state index contributed by atoms with van der Waals surface area (Å²) >= 11 is 0. The minimum absolute atomic E-state index is 0.0154. The number of rotatable bonds is 9. The average Bonchev–Trinajstić information content (AvgIpc) is 2.49. The molecule has 6 heteroatoms. The number of nitrogens with zero attached hydrogens (tertiary/aromatic N) is 1. The highest BCUT2D eigenvalue weighted by atomic mass is 16.5. The van der Waals surface area contributed by atoms with E-state index < -0.39 is 0 Å². The van der Waals surface area contributed by atoms with Gasteiger partial charge in [0.05, 0.1) is 13.7 Å². The third-order valence-electron chi connectivity index (χ3n) is 2.92. The van der Waals surface area contributed by atoms with E-state index in [1.54, 1.807) is 28.3 Å². The maximum Gasteiger partial charge on any atom is 0.259 e. The number of nitrogens with one attached hydrogen (secondary N) is 1. The summed E-state index contributed by atoms with van der Waals surface area (Å²) in [6, 6.07) is 5.65. The van der Waals surface area contributed by atoms with Crippen molar-refractivity contribution in [1.29, 1.82) is 0 Å². The van der Waals surface area contributed by atoms with Crippen LogP contribution in [-0.4, -0.2) is 58.9 Å². The first-order chi connectivity index (χ1) is 10.1. The van der Waals surface area contributed by atoms with Crippen LogP contribution in [0.25, 0.3) is 0 Å². The number of carbonyl (C=O) groups excluding carboxylic acids is 1. The molecule has 0 heterocycles. The molecule has 0 aliphatic carbocycles. The summed E-state index contributed by atoms with van der Waals surface area (Å²) in [5.41, 5.74) is 0.942. The topological polar surface area (TPSA) is 60.0 Å². The van der Waals surface area contributed by atoms with Gasteiger partial charge < -0.3 is 24.4 Å². The Bertz CT molecular complexity index is 449. The normalized spacial score (nSPS) is 10.3. The summed E-state index contributed by atoms with van der Waals surface area (Å²) in [6.07, 6.45) is 0. The van der Waals surface area contributed by atoms with Crippen LogP contribution >= 0.6 is 0 Å². The molecule has 0 aromatic heterocycles. The number of likely N-dealkylation sites (N-methyl/N-ethyl adjacent to an activating group) is 1. The second-order valence-electron chi connectivity index (χ2n) is 4.69. The molecule has 0 atom stereocenters. The fourth-order valence-corrected chi connectivity index (χ4v) is 1.69. The van der Waals surface area contributed by atoms with Crippen LogP contribution in [-0.2, 0) is 16.1 Å². The van der Waals surface area contributed by atoms with Crippen LogP contribution in [0.5, 0.6) is 11.5 Å². The molecule has 1 aromatic rings. The Morgan fingerprint density at radius 1 is 1.29 bits per heavy atom. The molecule has 0 aliphatic rings. The van der Waals surface area contributed by atoms with Crippen molar-refractivity contribution in [3.63, 3.8) is 0 Å². The van der Waals surface area contributed by atoms with Crippen molar-refractivity contribution in [2.75, 3.05) is 48.1 Å². The third kappa shape index (κ3) is 5.61. The average molecular weight is 296 g/mol. The molecule has 1 N–H and O–H groups in total. The summed E-state index contributed by atoms with van der Waals surface area (Å²) < 4.78 is 15.9. The second-order valence-corrected chi connectivity index (χ2v) is 4.69. The van der Waals surface area contributed by atoms with Crippen molar-refractivity contribution < 1.29 is 19.0 Å². The lowest BCUT2D eigenvalue weighted by Crippen LogP contribution is -2.28. The first-order valence-electron chi connectivity index (χ1n) is 6.78. The zero-order valence-electron chi connectivity index (χ0n) is 13.1. The molecule has 1 aromatic carbocycles. The molecule has 0 unspecified atom stereocenters. The minimum Gasteiger partial charge on any atom is -0.493 e. The quantitative estimate of drug-likeness (QED) is 0.686. The predicted molar refractivity (Wildman–Crippen MR) is 80.8 cm³/mol. The van der Waals surface area contributed by atoms with E-state index in [0.29, 0.717) is 24.7 Å². The Balaban J connectivity index is 2.75. The van der Waals surface area contributed by atoms with Crippen molar-refractivity contribution in [2.24, 2.45) is 0 Å². The molecule has 1 rings (SSSR count). The monoisotopic (exact) mass is 296 g/mol. The number of hydrogen-bond donors (Lipinski definition) is 1.